The van der Waals surface area contributed by atoms with Crippen molar-refractivity contribution in [3.63, 3.8) is 0 Å². The summed E-state index contributed by atoms with van der Waals surface area (Å²) in [7, 11) is 0. The first-order valence-corrected chi connectivity index (χ1v) is 16.0. The molecule has 3 heterocycles. The van der Waals surface area contributed by atoms with Gasteiger partial charge in [-0.2, -0.15) is 0 Å². The third kappa shape index (κ3) is 5.00. The van der Waals surface area contributed by atoms with E-state index in [9.17, 15) is 0 Å². The Morgan fingerprint density at radius 2 is 1.61 bits per heavy atom. The Bertz CT molecular complexity index is 1140. The molecule has 0 saturated carbocycles. The van der Waals surface area contributed by atoms with Crippen LogP contribution in [0.4, 0.5) is 5.82 Å². The predicted molar refractivity (Wildman–Crippen MR) is 140 cm³/mol. The Morgan fingerprint density at radius 1 is 0.903 bits per heavy atom. The molecule has 4 nitrogen and oxygen atoms in total. The van der Waals surface area contributed by atoms with E-state index in [0.29, 0.717) is 0 Å². The van der Waals surface area contributed by atoms with Crippen molar-refractivity contribution in [3.05, 3.63) is 83.3 Å². The molecule has 1 unspecified atom stereocenters. The number of imidazole rings is 1. The summed E-state index contributed by atoms with van der Waals surface area (Å²) in [4.78, 5) is 4.97. The molecule has 0 N–H and O–H groups in total. The molecule has 0 bridgehead atoms. The summed E-state index contributed by atoms with van der Waals surface area (Å²) in [6, 6.07) is 21.1. The topological polar surface area (TPSA) is 42.5 Å². The van der Waals surface area contributed by atoms with Crippen molar-refractivity contribution in [2.45, 2.75) is 43.7 Å². The summed E-state index contributed by atoms with van der Waals surface area (Å²) < 4.78 is 12.6. The first kappa shape index (κ1) is 21.4. The molecule has 0 fully saturated rings. The molecule has 31 heavy (non-hydrogen) atoms. The smallest absolute Gasteiger partial charge is 0.187 e. The quantitative estimate of drug-likeness (QED) is 0.297. The van der Waals surface area contributed by atoms with Crippen LogP contribution in [0.2, 0.25) is 0 Å². The first-order chi connectivity index (χ1) is 15.2. The number of fused-ring (bicyclic) bond motifs is 3. The number of aromatic nitrogens is 2. The lowest BCUT2D eigenvalue weighted by Gasteiger charge is -2.21. The van der Waals surface area contributed by atoms with E-state index in [4.69, 9.17) is 26.7 Å². The van der Waals surface area contributed by atoms with Gasteiger partial charge >= 0.3 is 0 Å². The molecular formula is C23H25N4PS3. The van der Waals surface area contributed by atoms with Crippen molar-refractivity contribution >= 4 is 51.9 Å². The summed E-state index contributed by atoms with van der Waals surface area (Å²) in [6.07, 6.45) is 4.67. The van der Waals surface area contributed by atoms with Gasteiger partial charge in [-0.1, -0.05) is 90.2 Å². The van der Waals surface area contributed by atoms with Crippen molar-refractivity contribution in [1.82, 2.24) is 9.55 Å². The molecule has 5 rings (SSSR count). The van der Waals surface area contributed by atoms with E-state index in [1.54, 1.807) is 23.1 Å². The highest BCUT2D eigenvalue weighted by Gasteiger charge is 2.30. The molecule has 2 aliphatic heterocycles. The lowest BCUT2D eigenvalue weighted by Crippen LogP contribution is -2.11. The minimum absolute atomic E-state index is 0.852. The van der Waals surface area contributed by atoms with Gasteiger partial charge in [0.25, 0.3) is 0 Å². The van der Waals surface area contributed by atoms with Gasteiger partial charge in [0, 0.05) is 24.5 Å². The zero-order valence-corrected chi connectivity index (χ0v) is 20.6. The maximum Gasteiger partial charge on any atom is 0.187 e. The summed E-state index contributed by atoms with van der Waals surface area (Å²) in [5.74, 6) is 3.75. The Balaban J connectivity index is 1.49. The van der Waals surface area contributed by atoms with Gasteiger partial charge in [0.05, 0.1) is 0 Å². The third-order valence-corrected chi connectivity index (χ3v) is 11.8. The van der Waals surface area contributed by atoms with Gasteiger partial charge in [0.1, 0.15) is 16.6 Å². The maximum absolute atomic E-state index is 5.19. The molecule has 0 spiro atoms. The van der Waals surface area contributed by atoms with Gasteiger partial charge in [-0.05, 0) is 24.0 Å². The molecule has 2 aromatic carbocycles. The van der Waals surface area contributed by atoms with E-state index < -0.39 is 5.61 Å². The van der Waals surface area contributed by atoms with E-state index in [2.05, 4.69) is 59.2 Å². The van der Waals surface area contributed by atoms with Crippen molar-refractivity contribution in [2.75, 3.05) is 0 Å². The van der Waals surface area contributed by atoms with E-state index in [1.165, 1.54) is 30.4 Å². The number of rotatable bonds is 5. The molecule has 0 amide bonds. The minimum atomic E-state index is -2.23. The van der Waals surface area contributed by atoms with Crippen LogP contribution in [-0.2, 0) is 24.5 Å². The highest BCUT2D eigenvalue weighted by atomic mass is 33.1. The average Bonchev–Trinajstić information content (AvgIpc) is 2.98. The second-order valence-corrected chi connectivity index (χ2v) is 15.4. The number of hydrogen-bond donors (Lipinski definition) is 1. The number of aryl methyl sites for hydroxylation is 1. The molecule has 0 aliphatic carbocycles. The standard InChI is InChI=1S/C23H25N4PS3/c29-28(31-17-19-12-6-2-7-13-19)25-22-21(27-15-9-3-8-14-20(27)24-22)23(26-28)30-16-18-10-4-1-5-11-18/h1-2,4-7,10-13,29H,3,8-9,14-17H2. The van der Waals surface area contributed by atoms with Crippen LogP contribution in [0.15, 0.2) is 70.2 Å². The second-order valence-electron chi connectivity index (χ2n) is 7.71. The van der Waals surface area contributed by atoms with Crippen LogP contribution in [-0.4, -0.2) is 14.6 Å². The normalized spacial score (nSPS) is 20.2. The molecule has 0 saturated heterocycles. The van der Waals surface area contributed by atoms with Gasteiger partial charge in [-0.25, -0.2) is 14.5 Å². The van der Waals surface area contributed by atoms with Crippen molar-refractivity contribution in [2.24, 2.45) is 9.51 Å². The SMILES string of the molecule is SP1(SCc2ccccc2)=Nc2nc3n(c2C(SCc2ccccc2)=N1)CCCCC3. The summed E-state index contributed by atoms with van der Waals surface area (Å²) >= 11 is 8.59. The van der Waals surface area contributed by atoms with Crippen LogP contribution in [0, 0.1) is 0 Å². The highest BCUT2D eigenvalue weighted by Crippen LogP contribution is 2.71. The Labute approximate surface area is 197 Å². The zero-order valence-electron chi connectivity index (χ0n) is 17.2. The molecule has 8 heteroatoms. The van der Waals surface area contributed by atoms with Crippen molar-refractivity contribution in [3.8, 4) is 0 Å². The second kappa shape index (κ2) is 9.62. The van der Waals surface area contributed by atoms with Gasteiger partial charge in [-0.3, -0.25) is 0 Å². The maximum atomic E-state index is 5.19. The van der Waals surface area contributed by atoms with Crippen LogP contribution in [0.3, 0.4) is 0 Å². The summed E-state index contributed by atoms with van der Waals surface area (Å²) in [6.45, 7) is 1.01. The molecule has 1 atom stereocenters. The Morgan fingerprint density at radius 3 is 2.35 bits per heavy atom. The number of hydrogen-bond acceptors (Lipinski definition) is 5. The average molecular weight is 485 g/mol. The molecular weight excluding hydrogens is 459 g/mol. The van der Waals surface area contributed by atoms with Crippen LogP contribution in [0.25, 0.3) is 0 Å². The first-order valence-electron chi connectivity index (χ1n) is 10.6. The molecule has 2 aliphatic rings. The van der Waals surface area contributed by atoms with Crippen molar-refractivity contribution < 1.29 is 0 Å². The number of benzene rings is 2. The Kier molecular flexibility index (Phi) is 6.65. The van der Waals surface area contributed by atoms with Gasteiger partial charge in [0.2, 0.25) is 0 Å². The zero-order chi connectivity index (χ0) is 21.1. The van der Waals surface area contributed by atoms with Crippen molar-refractivity contribution in [1.29, 1.82) is 0 Å². The fourth-order valence-electron chi connectivity index (χ4n) is 3.86. The van der Waals surface area contributed by atoms with Crippen LogP contribution < -0.4 is 0 Å². The van der Waals surface area contributed by atoms with Gasteiger partial charge in [-0.15, -0.1) is 12.2 Å². The van der Waals surface area contributed by atoms with Crippen LogP contribution in [0.1, 0.15) is 41.9 Å². The minimum Gasteiger partial charge on any atom is -0.324 e. The van der Waals surface area contributed by atoms with Gasteiger partial charge in [0.15, 0.2) is 11.4 Å². The monoisotopic (exact) mass is 484 g/mol. The van der Waals surface area contributed by atoms with Gasteiger partial charge < -0.3 is 4.57 Å². The van der Waals surface area contributed by atoms with Crippen LogP contribution >= 0.6 is 41.0 Å². The number of thiol groups is 1. The number of nitrogens with zero attached hydrogens (tertiary/aromatic N) is 4. The van der Waals surface area contributed by atoms with E-state index in [-0.39, 0.29) is 0 Å². The fourth-order valence-corrected chi connectivity index (χ4v) is 9.84. The highest BCUT2D eigenvalue weighted by molar-refractivity contribution is 8.86. The third-order valence-electron chi connectivity index (χ3n) is 5.42. The number of thioether (sulfide) groups is 1. The molecule has 160 valence electrons. The van der Waals surface area contributed by atoms with E-state index in [1.807, 2.05) is 6.07 Å². The summed E-state index contributed by atoms with van der Waals surface area (Å²) in [5.41, 5.74) is 1.46. The Hall–Kier alpha value is -1.40. The molecule has 3 aromatic rings. The lowest BCUT2D eigenvalue weighted by atomic mass is 10.2. The lowest BCUT2D eigenvalue weighted by molar-refractivity contribution is 0.632. The van der Waals surface area contributed by atoms with Crippen LogP contribution in [0.5, 0.6) is 0 Å². The summed E-state index contributed by atoms with van der Waals surface area (Å²) in [5, 5.41) is 1.05. The predicted octanol–water partition coefficient (Wildman–Crippen LogP) is 7.74. The largest absolute Gasteiger partial charge is 0.324 e. The fraction of sp³-hybridized carbons (Fsp3) is 0.304. The molecule has 0 radical (unpaired) electrons. The van der Waals surface area contributed by atoms with E-state index >= 15 is 0 Å². The molecule has 1 aromatic heterocycles. The van der Waals surface area contributed by atoms with E-state index in [0.717, 1.165) is 46.9 Å².